The van der Waals surface area contributed by atoms with Crippen LogP contribution in [0, 0.1) is 5.82 Å². The van der Waals surface area contributed by atoms with Crippen molar-refractivity contribution in [2.24, 2.45) is 0 Å². The molecule has 0 unspecified atom stereocenters. The van der Waals surface area contributed by atoms with Crippen LogP contribution in [0.5, 0.6) is 5.75 Å². The van der Waals surface area contributed by atoms with Gasteiger partial charge in [-0.15, -0.1) is 0 Å². The first-order chi connectivity index (χ1) is 9.10. The van der Waals surface area contributed by atoms with Gasteiger partial charge in [0.1, 0.15) is 11.6 Å². The Balaban J connectivity index is 2.01. The highest BCUT2D eigenvalue weighted by atomic mass is 19.1. The van der Waals surface area contributed by atoms with Gasteiger partial charge in [-0.1, -0.05) is 12.1 Å². The lowest BCUT2D eigenvalue weighted by molar-refractivity contribution is 0.193. The van der Waals surface area contributed by atoms with Gasteiger partial charge in [0.05, 0.1) is 6.10 Å². The maximum absolute atomic E-state index is 13.6. The molecule has 1 heterocycles. The van der Waals surface area contributed by atoms with Crippen molar-refractivity contribution in [2.45, 2.75) is 33.0 Å². The summed E-state index contributed by atoms with van der Waals surface area (Å²) in [5, 5.41) is 13.0. The fourth-order valence-electron chi connectivity index (χ4n) is 1.57. The predicted octanol–water partition coefficient (Wildman–Crippen LogP) is 2.40. The van der Waals surface area contributed by atoms with Crippen LogP contribution in [0.4, 0.5) is 4.39 Å². The van der Waals surface area contributed by atoms with Gasteiger partial charge in [0, 0.05) is 18.1 Å². The number of rotatable bonds is 5. The summed E-state index contributed by atoms with van der Waals surface area (Å²) in [6.07, 6.45) is -0.168. The Kier molecular flexibility index (Phi) is 4.11. The number of hydrogen-bond acceptors (Lipinski definition) is 5. The SMILES string of the molecule is CCc1noc(COc2ccc([C@@H](C)O)c(F)c2)n1. The van der Waals surface area contributed by atoms with Gasteiger partial charge in [0.25, 0.3) is 5.89 Å². The molecule has 1 N–H and O–H groups in total. The van der Waals surface area contributed by atoms with E-state index in [1.54, 1.807) is 6.07 Å². The van der Waals surface area contributed by atoms with Gasteiger partial charge in [0.15, 0.2) is 12.4 Å². The zero-order chi connectivity index (χ0) is 13.8. The number of ether oxygens (including phenoxy) is 1. The van der Waals surface area contributed by atoms with Crippen LogP contribution in [0.25, 0.3) is 0 Å². The molecule has 5 nitrogen and oxygen atoms in total. The van der Waals surface area contributed by atoms with Crippen LogP contribution in [-0.4, -0.2) is 15.2 Å². The standard InChI is InChI=1S/C13H15FN2O3/c1-3-12-15-13(19-16-12)7-18-9-4-5-10(8(2)17)11(14)6-9/h4-6,8,17H,3,7H2,1-2H3/t8-/m1/s1. The molecule has 0 aliphatic rings. The number of nitrogens with zero attached hydrogens (tertiary/aromatic N) is 2. The van der Waals surface area contributed by atoms with Crippen LogP contribution in [-0.2, 0) is 13.0 Å². The molecule has 0 aliphatic heterocycles. The molecule has 0 saturated carbocycles. The van der Waals surface area contributed by atoms with Gasteiger partial charge in [-0.05, 0) is 19.1 Å². The molecule has 2 aromatic rings. The molecule has 19 heavy (non-hydrogen) atoms. The number of aliphatic hydroxyl groups is 1. The van der Waals surface area contributed by atoms with Crippen LogP contribution in [0.2, 0.25) is 0 Å². The van der Waals surface area contributed by atoms with E-state index < -0.39 is 11.9 Å². The molecule has 1 aromatic carbocycles. The molecule has 1 aromatic heterocycles. The Morgan fingerprint density at radius 1 is 1.47 bits per heavy atom. The first-order valence-corrected chi connectivity index (χ1v) is 6.02. The van der Waals surface area contributed by atoms with Crippen molar-refractivity contribution in [3.05, 3.63) is 41.3 Å². The quantitative estimate of drug-likeness (QED) is 0.900. The Bertz CT molecular complexity index is 555. The average Bonchev–Trinajstić information content (AvgIpc) is 2.84. The second kappa shape index (κ2) is 5.79. The van der Waals surface area contributed by atoms with Crippen molar-refractivity contribution in [1.29, 1.82) is 0 Å². The number of aliphatic hydroxyl groups excluding tert-OH is 1. The van der Waals surface area contributed by atoms with Crippen molar-refractivity contribution in [3.8, 4) is 5.75 Å². The van der Waals surface area contributed by atoms with Crippen LogP contribution in [0.15, 0.2) is 22.7 Å². The van der Waals surface area contributed by atoms with Gasteiger partial charge >= 0.3 is 0 Å². The summed E-state index contributed by atoms with van der Waals surface area (Å²) in [7, 11) is 0. The van der Waals surface area contributed by atoms with Crippen molar-refractivity contribution >= 4 is 0 Å². The predicted molar refractivity (Wildman–Crippen MR) is 65.0 cm³/mol. The lowest BCUT2D eigenvalue weighted by atomic mass is 10.1. The molecular formula is C13H15FN2O3. The van der Waals surface area contributed by atoms with Crippen LogP contribution >= 0.6 is 0 Å². The maximum Gasteiger partial charge on any atom is 0.264 e. The van der Waals surface area contributed by atoms with E-state index in [0.29, 0.717) is 23.9 Å². The largest absolute Gasteiger partial charge is 0.484 e. The fourth-order valence-corrected chi connectivity index (χ4v) is 1.57. The maximum atomic E-state index is 13.6. The normalized spacial score (nSPS) is 12.4. The van der Waals surface area contributed by atoms with Gasteiger partial charge in [0.2, 0.25) is 0 Å². The summed E-state index contributed by atoms with van der Waals surface area (Å²) in [6, 6.07) is 4.29. The van der Waals surface area contributed by atoms with E-state index in [0.717, 1.165) is 0 Å². The first-order valence-electron chi connectivity index (χ1n) is 6.02. The smallest absolute Gasteiger partial charge is 0.264 e. The molecule has 0 fully saturated rings. The molecule has 6 heteroatoms. The van der Waals surface area contributed by atoms with Gasteiger partial charge in [-0.3, -0.25) is 0 Å². The van der Waals surface area contributed by atoms with Crippen molar-refractivity contribution in [1.82, 2.24) is 10.1 Å². The second-order valence-electron chi connectivity index (χ2n) is 4.11. The lowest BCUT2D eigenvalue weighted by Gasteiger charge is -2.08. The first kappa shape index (κ1) is 13.5. The third-order valence-corrected chi connectivity index (χ3v) is 2.61. The fraction of sp³-hybridized carbons (Fsp3) is 0.385. The number of aromatic nitrogens is 2. The van der Waals surface area contributed by atoms with Crippen LogP contribution < -0.4 is 4.74 Å². The van der Waals surface area contributed by atoms with E-state index in [9.17, 15) is 9.50 Å². The highest BCUT2D eigenvalue weighted by Crippen LogP contribution is 2.22. The zero-order valence-corrected chi connectivity index (χ0v) is 10.8. The summed E-state index contributed by atoms with van der Waals surface area (Å²) in [5.74, 6) is 0.788. The monoisotopic (exact) mass is 266 g/mol. The van der Waals surface area contributed by atoms with E-state index in [1.807, 2.05) is 6.92 Å². The Morgan fingerprint density at radius 3 is 2.84 bits per heavy atom. The number of aryl methyl sites for hydroxylation is 1. The summed E-state index contributed by atoms with van der Waals surface area (Å²) >= 11 is 0. The van der Waals surface area contributed by atoms with E-state index in [2.05, 4.69) is 10.1 Å². The average molecular weight is 266 g/mol. The topological polar surface area (TPSA) is 68.4 Å². The molecular weight excluding hydrogens is 251 g/mol. The molecule has 102 valence electrons. The zero-order valence-electron chi connectivity index (χ0n) is 10.8. The summed E-state index contributed by atoms with van der Waals surface area (Å²) in [5.41, 5.74) is 0.235. The molecule has 0 bridgehead atoms. The summed E-state index contributed by atoms with van der Waals surface area (Å²) in [4.78, 5) is 4.08. The molecule has 2 rings (SSSR count). The van der Waals surface area contributed by atoms with E-state index >= 15 is 0 Å². The molecule has 0 aliphatic carbocycles. The van der Waals surface area contributed by atoms with Crippen molar-refractivity contribution < 1.29 is 18.8 Å². The minimum atomic E-state index is -0.850. The van der Waals surface area contributed by atoms with Crippen molar-refractivity contribution in [3.63, 3.8) is 0 Å². The highest BCUT2D eigenvalue weighted by molar-refractivity contribution is 5.30. The lowest BCUT2D eigenvalue weighted by Crippen LogP contribution is -1.99. The minimum Gasteiger partial charge on any atom is -0.484 e. The van der Waals surface area contributed by atoms with E-state index in [1.165, 1.54) is 19.1 Å². The van der Waals surface area contributed by atoms with E-state index in [-0.39, 0.29) is 12.2 Å². The second-order valence-corrected chi connectivity index (χ2v) is 4.11. The third-order valence-electron chi connectivity index (χ3n) is 2.61. The Hall–Kier alpha value is -1.95. The molecule has 0 amide bonds. The molecule has 0 spiro atoms. The summed E-state index contributed by atoms with van der Waals surface area (Å²) in [6.45, 7) is 3.50. The molecule has 0 radical (unpaired) electrons. The van der Waals surface area contributed by atoms with E-state index in [4.69, 9.17) is 9.26 Å². The molecule has 1 atom stereocenters. The Labute approximate surface area is 110 Å². The number of hydrogen-bond donors (Lipinski definition) is 1. The van der Waals surface area contributed by atoms with Crippen LogP contribution in [0.1, 0.15) is 37.2 Å². The molecule has 0 saturated heterocycles. The summed E-state index contributed by atoms with van der Waals surface area (Å²) < 4.78 is 23.9. The number of benzene rings is 1. The Morgan fingerprint density at radius 2 is 2.26 bits per heavy atom. The van der Waals surface area contributed by atoms with Crippen LogP contribution in [0.3, 0.4) is 0 Å². The highest BCUT2D eigenvalue weighted by Gasteiger charge is 2.10. The van der Waals surface area contributed by atoms with Crippen molar-refractivity contribution in [2.75, 3.05) is 0 Å². The van der Waals surface area contributed by atoms with Gasteiger partial charge in [-0.2, -0.15) is 4.98 Å². The minimum absolute atomic E-state index is 0.0838. The number of halogens is 1. The van der Waals surface area contributed by atoms with Gasteiger partial charge < -0.3 is 14.4 Å². The third kappa shape index (κ3) is 3.29. The van der Waals surface area contributed by atoms with Gasteiger partial charge in [-0.25, -0.2) is 4.39 Å².